The molecule has 0 unspecified atom stereocenters. The van der Waals surface area contributed by atoms with E-state index in [0.717, 1.165) is 5.56 Å². The highest BCUT2D eigenvalue weighted by atomic mass is 35.7. The van der Waals surface area contributed by atoms with E-state index in [1.807, 2.05) is 12.1 Å². The van der Waals surface area contributed by atoms with Gasteiger partial charge in [-0.25, -0.2) is 8.42 Å². The maximum absolute atomic E-state index is 11.0. The van der Waals surface area contributed by atoms with Gasteiger partial charge in [-0.3, -0.25) is 0 Å². The zero-order valence-corrected chi connectivity index (χ0v) is 9.48. The maximum Gasteiger partial charge on any atom is 0.236 e. The second kappa shape index (κ2) is 3.40. The molecule has 0 N–H and O–H groups in total. The zero-order valence-electron chi connectivity index (χ0n) is 7.15. The van der Waals surface area contributed by atoms with Gasteiger partial charge in [-0.05, 0) is 24.1 Å². The Morgan fingerprint density at radius 3 is 2.57 bits per heavy atom. The van der Waals surface area contributed by atoms with Gasteiger partial charge >= 0.3 is 0 Å². The molecule has 1 aromatic carbocycles. The first-order valence-electron chi connectivity index (χ1n) is 4.17. The van der Waals surface area contributed by atoms with Crippen molar-refractivity contribution in [1.29, 1.82) is 0 Å². The molecule has 2 atom stereocenters. The van der Waals surface area contributed by atoms with Crippen LogP contribution in [0.3, 0.4) is 0 Å². The first kappa shape index (κ1) is 10.3. The van der Waals surface area contributed by atoms with E-state index in [1.54, 1.807) is 12.1 Å². The lowest BCUT2D eigenvalue weighted by molar-refractivity contribution is 0.607. The molecule has 1 aliphatic rings. The Morgan fingerprint density at radius 1 is 1.36 bits per heavy atom. The van der Waals surface area contributed by atoms with Gasteiger partial charge in [0, 0.05) is 21.6 Å². The van der Waals surface area contributed by atoms with Crippen molar-refractivity contribution < 1.29 is 8.42 Å². The molecule has 0 bridgehead atoms. The molecular formula is C9H8Cl2O2S. The Morgan fingerprint density at radius 2 is 2.07 bits per heavy atom. The smallest absolute Gasteiger partial charge is 0.212 e. The lowest BCUT2D eigenvalue weighted by Crippen LogP contribution is -1.99. The van der Waals surface area contributed by atoms with E-state index in [4.69, 9.17) is 22.3 Å². The normalized spacial score (nSPS) is 26.1. The van der Waals surface area contributed by atoms with Crippen LogP contribution in [0.15, 0.2) is 24.3 Å². The Balaban J connectivity index is 2.22. The molecule has 0 amide bonds. The van der Waals surface area contributed by atoms with Gasteiger partial charge in [-0.15, -0.1) is 0 Å². The van der Waals surface area contributed by atoms with Crippen LogP contribution in [-0.2, 0) is 9.05 Å². The summed E-state index contributed by atoms with van der Waals surface area (Å²) in [4.78, 5) is 0. The van der Waals surface area contributed by atoms with Crippen LogP contribution in [0, 0.1) is 0 Å². The average Bonchev–Trinajstić information content (AvgIpc) is 2.81. The van der Waals surface area contributed by atoms with Crippen LogP contribution < -0.4 is 0 Å². The number of benzene rings is 1. The molecule has 1 aliphatic carbocycles. The highest BCUT2D eigenvalue weighted by Crippen LogP contribution is 2.47. The molecule has 2 nitrogen and oxygen atoms in total. The summed E-state index contributed by atoms with van der Waals surface area (Å²) >= 11 is 5.80. The first-order chi connectivity index (χ1) is 6.48. The summed E-state index contributed by atoms with van der Waals surface area (Å²) in [5.74, 6) is 0.0243. The van der Waals surface area contributed by atoms with Crippen molar-refractivity contribution in [3.05, 3.63) is 34.9 Å². The van der Waals surface area contributed by atoms with E-state index in [2.05, 4.69) is 0 Å². The van der Waals surface area contributed by atoms with E-state index in [9.17, 15) is 8.42 Å². The summed E-state index contributed by atoms with van der Waals surface area (Å²) in [6, 6.07) is 7.23. The minimum absolute atomic E-state index is 0.0243. The van der Waals surface area contributed by atoms with Gasteiger partial charge in [0.05, 0.1) is 5.25 Å². The molecule has 0 spiro atoms. The van der Waals surface area contributed by atoms with Gasteiger partial charge in [0.2, 0.25) is 9.05 Å². The van der Waals surface area contributed by atoms with E-state index >= 15 is 0 Å². The highest BCUT2D eigenvalue weighted by Gasteiger charge is 2.47. The highest BCUT2D eigenvalue weighted by molar-refractivity contribution is 8.14. The van der Waals surface area contributed by atoms with Crippen molar-refractivity contribution in [2.24, 2.45) is 0 Å². The van der Waals surface area contributed by atoms with Crippen LogP contribution in [-0.4, -0.2) is 13.7 Å². The number of rotatable bonds is 2. The summed E-state index contributed by atoms with van der Waals surface area (Å²) in [7, 11) is 1.84. The zero-order chi connectivity index (χ0) is 10.3. The summed E-state index contributed by atoms with van der Waals surface area (Å²) in [6.07, 6.45) is 0.603. The average molecular weight is 251 g/mol. The number of hydrogen-bond acceptors (Lipinski definition) is 2. The maximum atomic E-state index is 11.0. The van der Waals surface area contributed by atoms with Crippen molar-refractivity contribution in [3.8, 4) is 0 Å². The van der Waals surface area contributed by atoms with E-state index in [0.29, 0.717) is 11.4 Å². The second-order valence-electron chi connectivity index (χ2n) is 3.41. The predicted molar refractivity (Wildman–Crippen MR) is 57.4 cm³/mol. The molecule has 0 aliphatic heterocycles. The van der Waals surface area contributed by atoms with Gasteiger partial charge in [0.25, 0.3) is 0 Å². The third-order valence-corrected chi connectivity index (χ3v) is 4.54. The molecular weight excluding hydrogens is 243 g/mol. The molecule has 14 heavy (non-hydrogen) atoms. The fourth-order valence-corrected chi connectivity index (χ4v) is 3.35. The molecule has 1 saturated carbocycles. The lowest BCUT2D eigenvalue weighted by atomic mass is 10.1. The molecule has 0 heterocycles. The summed E-state index contributed by atoms with van der Waals surface area (Å²) in [5.41, 5.74) is 0.951. The van der Waals surface area contributed by atoms with Crippen molar-refractivity contribution >= 4 is 31.3 Å². The summed E-state index contributed by atoms with van der Waals surface area (Å²) < 4.78 is 22.0. The van der Waals surface area contributed by atoms with Gasteiger partial charge in [0.15, 0.2) is 0 Å². The van der Waals surface area contributed by atoms with Crippen LogP contribution >= 0.6 is 22.3 Å². The molecule has 1 fully saturated rings. The third kappa shape index (κ3) is 2.05. The monoisotopic (exact) mass is 250 g/mol. The van der Waals surface area contributed by atoms with Gasteiger partial charge in [-0.2, -0.15) is 0 Å². The van der Waals surface area contributed by atoms with Crippen molar-refractivity contribution in [2.75, 3.05) is 0 Å². The predicted octanol–water partition coefficient (Wildman–Crippen LogP) is 2.76. The third-order valence-electron chi connectivity index (χ3n) is 2.37. The fourth-order valence-electron chi connectivity index (χ4n) is 1.57. The van der Waals surface area contributed by atoms with Gasteiger partial charge in [-0.1, -0.05) is 23.7 Å². The Labute approximate surface area is 92.3 Å². The Bertz CT molecular complexity index is 456. The second-order valence-corrected chi connectivity index (χ2v) is 6.69. The van der Waals surface area contributed by atoms with E-state index in [1.165, 1.54) is 0 Å². The van der Waals surface area contributed by atoms with Crippen molar-refractivity contribution in [1.82, 2.24) is 0 Å². The van der Waals surface area contributed by atoms with Crippen LogP contribution in [0.1, 0.15) is 17.9 Å². The quantitative estimate of drug-likeness (QED) is 0.757. The van der Waals surface area contributed by atoms with Crippen molar-refractivity contribution in [3.63, 3.8) is 0 Å². The number of halogens is 2. The van der Waals surface area contributed by atoms with Gasteiger partial charge < -0.3 is 0 Å². The SMILES string of the molecule is O=S(=O)(Cl)[C@@H]1C[C@H]1c1cccc(Cl)c1. The van der Waals surface area contributed by atoms with E-state index in [-0.39, 0.29) is 5.92 Å². The summed E-state index contributed by atoms with van der Waals surface area (Å²) in [5, 5.41) is 0.197. The fraction of sp³-hybridized carbons (Fsp3) is 0.333. The molecule has 2 rings (SSSR count). The Hall–Kier alpha value is -0.250. The minimum Gasteiger partial charge on any atom is -0.212 e. The van der Waals surface area contributed by atoms with Crippen LogP contribution in [0.4, 0.5) is 0 Å². The molecule has 0 aromatic heterocycles. The topological polar surface area (TPSA) is 34.1 Å². The molecule has 5 heteroatoms. The standard InChI is InChI=1S/C9H8Cl2O2S/c10-7-3-1-2-6(4-7)8-5-9(8)14(11,12)13/h1-4,8-9H,5H2/t8-,9+/m0/s1. The summed E-state index contributed by atoms with van der Waals surface area (Å²) in [6.45, 7) is 0. The molecule has 76 valence electrons. The largest absolute Gasteiger partial charge is 0.236 e. The van der Waals surface area contributed by atoms with Crippen LogP contribution in [0.2, 0.25) is 5.02 Å². The lowest BCUT2D eigenvalue weighted by Gasteiger charge is -1.98. The van der Waals surface area contributed by atoms with Crippen LogP contribution in [0.5, 0.6) is 0 Å². The molecule has 1 aromatic rings. The van der Waals surface area contributed by atoms with Crippen molar-refractivity contribution in [2.45, 2.75) is 17.6 Å². The number of hydrogen-bond donors (Lipinski definition) is 0. The van der Waals surface area contributed by atoms with Crippen LogP contribution in [0.25, 0.3) is 0 Å². The van der Waals surface area contributed by atoms with E-state index < -0.39 is 14.3 Å². The first-order valence-corrected chi connectivity index (χ1v) is 6.92. The van der Waals surface area contributed by atoms with Gasteiger partial charge in [0.1, 0.15) is 0 Å². The molecule has 0 radical (unpaired) electrons. The Kier molecular flexibility index (Phi) is 2.50. The minimum atomic E-state index is -3.41. The molecule has 0 saturated heterocycles.